The van der Waals surface area contributed by atoms with Crippen molar-refractivity contribution in [1.82, 2.24) is 9.88 Å². The lowest BCUT2D eigenvalue weighted by Gasteiger charge is -2.08. The van der Waals surface area contributed by atoms with E-state index in [1.165, 1.54) is 12.3 Å². The summed E-state index contributed by atoms with van der Waals surface area (Å²) in [7, 11) is 0. The molecule has 2 heterocycles. The number of ether oxygens (including phenoxy) is 1. The summed E-state index contributed by atoms with van der Waals surface area (Å²) >= 11 is 0. The van der Waals surface area contributed by atoms with Gasteiger partial charge in [0.1, 0.15) is 6.54 Å². The molecule has 132 valence electrons. The second-order valence-electron chi connectivity index (χ2n) is 6.13. The summed E-state index contributed by atoms with van der Waals surface area (Å²) < 4.78 is 12.0. The van der Waals surface area contributed by atoms with Gasteiger partial charge in [-0.1, -0.05) is 0 Å². The van der Waals surface area contributed by atoms with E-state index in [2.05, 4.69) is 9.88 Å². The molecule has 25 heavy (non-hydrogen) atoms. The van der Waals surface area contributed by atoms with Gasteiger partial charge < -0.3 is 19.0 Å². The number of amides is 1. The summed E-state index contributed by atoms with van der Waals surface area (Å²) in [4.78, 5) is 35.7. The first-order valence-electron chi connectivity index (χ1n) is 8.16. The molecule has 0 aromatic carbocycles. The van der Waals surface area contributed by atoms with Crippen molar-refractivity contribution in [1.29, 1.82) is 0 Å². The quantitative estimate of drug-likeness (QED) is 0.614. The van der Waals surface area contributed by atoms with Gasteiger partial charge in [0.15, 0.2) is 12.4 Å². The van der Waals surface area contributed by atoms with Crippen LogP contribution in [0.5, 0.6) is 0 Å². The monoisotopic (exact) mass is 344 g/mol. The highest BCUT2D eigenvalue weighted by atomic mass is 16.5. The van der Waals surface area contributed by atoms with Gasteiger partial charge in [-0.2, -0.15) is 0 Å². The first-order valence-corrected chi connectivity index (χ1v) is 8.16. The molecule has 0 bridgehead atoms. The number of Topliss-reactive ketones (excluding diaryl/α,β-unsaturated/α-hetero) is 1. The van der Waals surface area contributed by atoms with Gasteiger partial charge in [0.25, 0.3) is 5.91 Å². The molecule has 0 unspecified atom stereocenters. The number of esters is 1. The molecule has 1 aliphatic carbocycles. The summed E-state index contributed by atoms with van der Waals surface area (Å²) in [6.07, 6.45) is 3.63. The van der Waals surface area contributed by atoms with E-state index < -0.39 is 11.9 Å². The Labute approximate surface area is 144 Å². The average Bonchev–Trinajstić information content (AvgIpc) is 3.16. The Balaban J connectivity index is 1.49. The molecule has 0 spiro atoms. The number of hydrogen-bond donors (Lipinski definition) is 1. The SMILES string of the molecule is Cc1cc(C(=O)COC(=O)CNC(=O)c2ccco2)c(C)n1C1CC1. The first-order chi connectivity index (χ1) is 12.0. The van der Waals surface area contributed by atoms with Crippen molar-refractivity contribution in [3.63, 3.8) is 0 Å². The summed E-state index contributed by atoms with van der Waals surface area (Å²) in [5.41, 5.74) is 2.53. The lowest BCUT2D eigenvalue weighted by Crippen LogP contribution is -2.31. The highest BCUT2D eigenvalue weighted by molar-refractivity contribution is 5.99. The second kappa shape index (κ2) is 6.96. The van der Waals surface area contributed by atoms with E-state index in [-0.39, 0.29) is 24.7 Å². The Hall–Kier alpha value is -2.83. The fourth-order valence-electron chi connectivity index (χ4n) is 2.88. The van der Waals surface area contributed by atoms with Crippen LogP contribution in [0.2, 0.25) is 0 Å². The lowest BCUT2D eigenvalue weighted by atomic mass is 10.1. The summed E-state index contributed by atoms with van der Waals surface area (Å²) in [6.45, 7) is 3.21. The van der Waals surface area contributed by atoms with E-state index in [1.54, 1.807) is 6.07 Å². The Morgan fingerprint density at radius 3 is 2.72 bits per heavy atom. The van der Waals surface area contributed by atoms with Gasteiger partial charge in [-0.3, -0.25) is 14.4 Å². The molecular weight excluding hydrogens is 324 g/mol. The van der Waals surface area contributed by atoms with Gasteiger partial charge in [0.2, 0.25) is 5.78 Å². The molecule has 3 rings (SSSR count). The zero-order valence-electron chi connectivity index (χ0n) is 14.2. The number of aromatic nitrogens is 1. The molecule has 7 heteroatoms. The lowest BCUT2D eigenvalue weighted by molar-refractivity contribution is -0.141. The van der Waals surface area contributed by atoms with Crippen LogP contribution in [-0.4, -0.2) is 35.4 Å². The molecule has 2 aromatic heterocycles. The average molecular weight is 344 g/mol. The molecule has 0 saturated heterocycles. The van der Waals surface area contributed by atoms with E-state index in [4.69, 9.17) is 9.15 Å². The third-order valence-electron chi connectivity index (χ3n) is 4.20. The van der Waals surface area contributed by atoms with Gasteiger partial charge in [-0.25, -0.2) is 0 Å². The van der Waals surface area contributed by atoms with Crippen molar-refractivity contribution in [3.8, 4) is 0 Å². The van der Waals surface area contributed by atoms with Gasteiger partial charge in [0, 0.05) is 23.0 Å². The molecular formula is C18H20N2O5. The van der Waals surface area contributed by atoms with Gasteiger partial charge in [-0.15, -0.1) is 0 Å². The van der Waals surface area contributed by atoms with Crippen molar-refractivity contribution in [2.75, 3.05) is 13.2 Å². The van der Waals surface area contributed by atoms with Crippen molar-refractivity contribution in [2.24, 2.45) is 0 Å². The zero-order chi connectivity index (χ0) is 18.0. The number of ketones is 1. The number of aryl methyl sites for hydroxylation is 1. The molecule has 1 fully saturated rings. The normalized spacial score (nSPS) is 13.5. The van der Waals surface area contributed by atoms with Crippen LogP contribution in [0.25, 0.3) is 0 Å². The molecule has 0 aliphatic heterocycles. The minimum absolute atomic E-state index is 0.108. The van der Waals surface area contributed by atoms with Crippen LogP contribution in [0, 0.1) is 13.8 Å². The fourth-order valence-corrected chi connectivity index (χ4v) is 2.88. The van der Waals surface area contributed by atoms with E-state index in [0.29, 0.717) is 11.6 Å². The molecule has 1 aliphatic rings. The van der Waals surface area contributed by atoms with E-state index in [1.807, 2.05) is 19.9 Å². The third-order valence-corrected chi connectivity index (χ3v) is 4.20. The molecule has 0 atom stereocenters. The predicted molar refractivity (Wildman–Crippen MR) is 88.5 cm³/mol. The number of furan rings is 1. The minimum atomic E-state index is -0.677. The first kappa shape index (κ1) is 17.0. The number of carbonyl (C=O) groups excluding carboxylic acids is 3. The number of hydrogen-bond acceptors (Lipinski definition) is 5. The van der Waals surface area contributed by atoms with Crippen LogP contribution in [0.1, 0.15) is 51.2 Å². The fraction of sp³-hybridized carbons (Fsp3) is 0.389. The van der Waals surface area contributed by atoms with Crippen LogP contribution in [0.3, 0.4) is 0 Å². The van der Waals surface area contributed by atoms with Crippen LogP contribution in [0.15, 0.2) is 28.9 Å². The summed E-state index contributed by atoms with van der Waals surface area (Å²) in [5, 5.41) is 2.37. The minimum Gasteiger partial charge on any atom is -0.459 e. The van der Waals surface area contributed by atoms with Crippen molar-refractivity contribution < 1.29 is 23.5 Å². The number of nitrogens with one attached hydrogen (secondary N) is 1. The molecule has 7 nitrogen and oxygen atoms in total. The number of nitrogens with zero attached hydrogens (tertiary/aromatic N) is 1. The van der Waals surface area contributed by atoms with Crippen molar-refractivity contribution in [2.45, 2.75) is 32.7 Å². The van der Waals surface area contributed by atoms with Crippen LogP contribution in [0.4, 0.5) is 0 Å². The van der Waals surface area contributed by atoms with Crippen molar-refractivity contribution >= 4 is 17.7 Å². The number of carbonyl (C=O) groups is 3. The Kier molecular flexibility index (Phi) is 4.74. The topological polar surface area (TPSA) is 90.5 Å². The van der Waals surface area contributed by atoms with E-state index in [9.17, 15) is 14.4 Å². The Morgan fingerprint density at radius 1 is 1.32 bits per heavy atom. The van der Waals surface area contributed by atoms with Crippen LogP contribution in [-0.2, 0) is 9.53 Å². The zero-order valence-corrected chi connectivity index (χ0v) is 14.2. The summed E-state index contributed by atoms with van der Waals surface area (Å²) in [5.74, 6) is -1.33. The van der Waals surface area contributed by atoms with Crippen LogP contribution < -0.4 is 5.32 Å². The predicted octanol–water partition coefficient (Wildman–Crippen LogP) is 2.19. The maximum atomic E-state index is 12.3. The van der Waals surface area contributed by atoms with E-state index >= 15 is 0 Å². The van der Waals surface area contributed by atoms with Crippen molar-refractivity contribution in [3.05, 3.63) is 47.2 Å². The highest BCUT2D eigenvalue weighted by Gasteiger charge is 2.28. The molecule has 0 radical (unpaired) electrons. The largest absolute Gasteiger partial charge is 0.459 e. The molecule has 2 aromatic rings. The van der Waals surface area contributed by atoms with Crippen LogP contribution >= 0.6 is 0 Å². The number of rotatable bonds is 7. The van der Waals surface area contributed by atoms with Gasteiger partial charge in [-0.05, 0) is 44.9 Å². The highest BCUT2D eigenvalue weighted by Crippen LogP contribution is 2.38. The molecule has 1 amide bonds. The maximum absolute atomic E-state index is 12.3. The summed E-state index contributed by atoms with van der Waals surface area (Å²) in [6, 6.07) is 5.38. The van der Waals surface area contributed by atoms with Gasteiger partial charge >= 0.3 is 5.97 Å². The smallest absolute Gasteiger partial charge is 0.325 e. The van der Waals surface area contributed by atoms with Gasteiger partial charge in [0.05, 0.1) is 6.26 Å². The Morgan fingerprint density at radius 2 is 2.08 bits per heavy atom. The van der Waals surface area contributed by atoms with E-state index in [0.717, 1.165) is 24.2 Å². The maximum Gasteiger partial charge on any atom is 0.325 e. The second-order valence-corrected chi connectivity index (χ2v) is 6.13. The third kappa shape index (κ3) is 3.81. The molecule has 1 N–H and O–H groups in total. The standard InChI is InChI=1S/C18H20N2O5/c1-11-8-14(12(2)20(11)13-5-6-13)15(21)10-25-17(22)9-19-18(23)16-4-3-7-24-16/h3-4,7-8,13H,5-6,9-10H2,1-2H3,(H,19,23). The molecule has 1 saturated carbocycles. The Bertz CT molecular complexity index is 800.